The van der Waals surface area contributed by atoms with Gasteiger partial charge in [-0.05, 0) is 36.1 Å². The minimum Gasteiger partial charge on any atom is -0.462 e. The largest absolute Gasteiger partial charge is 0.462 e. The molecule has 1 heterocycles. The van der Waals surface area contributed by atoms with E-state index >= 15 is 0 Å². The van der Waals surface area contributed by atoms with Crippen LogP contribution in [0, 0.1) is 5.92 Å². The summed E-state index contributed by atoms with van der Waals surface area (Å²) < 4.78 is 5.93. The van der Waals surface area contributed by atoms with E-state index in [4.69, 9.17) is 4.74 Å². The number of ether oxygens (including phenoxy) is 1. The maximum absolute atomic E-state index is 13.5. The predicted molar refractivity (Wildman–Crippen MR) is 120 cm³/mol. The molecule has 4 heteroatoms. The Bertz CT molecular complexity index is 987. The highest BCUT2D eigenvalue weighted by Gasteiger charge is 2.38. The van der Waals surface area contributed by atoms with E-state index < -0.39 is 0 Å². The number of rotatable bonds is 6. The molecule has 1 aliphatic rings. The molecule has 3 aromatic rings. The van der Waals surface area contributed by atoms with Crippen molar-refractivity contribution in [2.45, 2.75) is 25.8 Å². The van der Waals surface area contributed by atoms with Gasteiger partial charge in [0.25, 0.3) is 6.02 Å². The molecule has 30 heavy (non-hydrogen) atoms. The number of amides is 1. The van der Waals surface area contributed by atoms with Gasteiger partial charge in [0.15, 0.2) is 0 Å². The number of nitrogens with zero attached hydrogens (tertiary/aromatic N) is 2. The first-order valence-corrected chi connectivity index (χ1v) is 10.4. The van der Waals surface area contributed by atoms with E-state index in [1.165, 1.54) is 5.56 Å². The van der Waals surface area contributed by atoms with E-state index in [-0.39, 0.29) is 17.9 Å². The molecule has 1 saturated heterocycles. The summed E-state index contributed by atoms with van der Waals surface area (Å²) in [4.78, 5) is 19.9. The van der Waals surface area contributed by atoms with Crippen LogP contribution in [0.25, 0.3) is 0 Å². The fourth-order valence-electron chi connectivity index (χ4n) is 3.77. The second-order valence-corrected chi connectivity index (χ2v) is 7.68. The summed E-state index contributed by atoms with van der Waals surface area (Å²) in [6.07, 6.45) is 1.42. The summed E-state index contributed by atoms with van der Waals surface area (Å²) in [7, 11) is 0. The maximum Gasteiger partial charge on any atom is 0.299 e. The minimum absolute atomic E-state index is 0.0481. The van der Waals surface area contributed by atoms with E-state index in [0.29, 0.717) is 19.0 Å². The highest BCUT2D eigenvalue weighted by Crippen LogP contribution is 2.24. The van der Waals surface area contributed by atoms with E-state index in [9.17, 15) is 4.79 Å². The molecule has 0 bridgehead atoms. The van der Waals surface area contributed by atoms with Crippen molar-refractivity contribution in [2.75, 3.05) is 6.61 Å². The Morgan fingerprint density at radius 1 is 0.933 bits per heavy atom. The first-order chi connectivity index (χ1) is 14.7. The fraction of sp³-hybridized carbons (Fsp3) is 0.231. The predicted octanol–water partition coefficient (Wildman–Crippen LogP) is 5.02. The van der Waals surface area contributed by atoms with Crippen molar-refractivity contribution in [3.05, 3.63) is 102 Å². The number of amidine groups is 1. The van der Waals surface area contributed by atoms with Gasteiger partial charge in [-0.15, -0.1) is 0 Å². The standard InChI is InChI=1S/C26H26N2O2/c1-20(17-21-11-5-2-6-12-21)25(29)28-24(18-22-13-7-3-8-14-22)19-30-26(28)27-23-15-9-4-10-16-23/h2-16,20,24H,17-19H2,1H3/t20-,24+/m1/s1. The number of carbonyl (C=O) groups excluding carboxylic acids is 1. The molecule has 0 saturated carbocycles. The van der Waals surface area contributed by atoms with Gasteiger partial charge in [-0.1, -0.05) is 85.8 Å². The maximum atomic E-state index is 13.5. The quantitative estimate of drug-likeness (QED) is 0.585. The number of para-hydroxylation sites is 1. The molecule has 1 amide bonds. The Kier molecular flexibility index (Phi) is 6.23. The van der Waals surface area contributed by atoms with Crippen LogP contribution in [-0.4, -0.2) is 29.5 Å². The Balaban J connectivity index is 1.59. The first-order valence-electron chi connectivity index (χ1n) is 10.4. The molecular formula is C26H26N2O2. The van der Waals surface area contributed by atoms with Gasteiger partial charge in [-0.3, -0.25) is 9.69 Å². The second-order valence-electron chi connectivity index (χ2n) is 7.68. The van der Waals surface area contributed by atoms with Gasteiger partial charge in [0.2, 0.25) is 5.91 Å². The van der Waals surface area contributed by atoms with Crippen molar-refractivity contribution in [2.24, 2.45) is 10.9 Å². The highest BCUT2D eigenvalue weighted by atomic mass is 16.5. The number of hydrogen-bond donors (Lipinski definition) is 0. The molecule has 1 aliphatic heterocycles. The lowest BCUT2D eigenvalue weighted by Gasteiger charge is -2.25. The number of carbonyl (C=O) groups is 1. The molecule has 0 unspecified atom stereocenters. The van der Waals surface area contributed by atoms with E-state index in [1.54, 1.807) is 4.90 Å². The van der Waals surface area contributed by atoms with Gasteiger partial charge in [0.1, 0.15) is 6.61 Å². The zero-order valence-electron chi connectivity index (χ0n) is 17.1. The lowest BCUT2D eigenvalue weighted by atomic mass is 9.98. The van der Waals surface area contributed by atoms with Crippen LogP contribution in [0.5, 0.6) is 0 Å². The third-order valence-corrected chi connectivity index (χ3v) is 5.31. The molecule has 0 radical (unpaired) electrons. The monoisotopic (exact) mass is 398 g/mol. The lowest BCUT2D eigenvalue weighted by molar-refractivity contribution is -0.132. The topological polar surface area (TPSA) is 41.9 Å². The van der Waals surface area contributed by atoms with E-state index in [2.05, 4.69) is 29.3 Å². The van der Waals surface area contributed by atoms with Gasteiger partial charge in [-0.2, -0.15) is 4.99 Å². The van der Waals surface area contributed by atoms with Gasteiger partial charge in [-0.25, -0.2) is 0 Å². The summed E-state index contributed by atoms with van der Waals surface area (Å²) >= 11 is 0. The van der Waals surface area contributed by atoms with Crippen molar-refractivity contribution < 1.29 is 9.53 Å². The van der Waals surface area contributed by atoms with Crippen LogP contribution in [0.2, 0.25) is 0 Å². The molecule has 152 valence electrons. The Labute approximate surface area is 177 Å². The van der Waals surface area contributed by atoms with Gasteiger partial charge < -0.3 is 4.74 Å². The van der Waals surface area contributed by atoms with Crippen LogP contribution in [0.3, 0.4) is 0 Å². The number of hydrogen-bond acceptors (Lipinski definition) is 3. The van der Waals surface area contributed by atoms with Crippen molar-refractivity contribution >= 4 is 17.6 Å². The Morgan fingerprint density at radius 2 is 1.50 bits per heavy atom. The van der Waals surface area contributed by atoms with Gasteiger partial charge >= 0.3 is 0 Å². The van der Waals surface area contributed by atoms with Crippen molar-refractivity contribution in [1.82, 2.24) is 4.90 Å². The van der Waals surface area contributed by atoms with Crippen molar-refractivity contribution in [1.29, 1.82) is 0 Å². The number of aliphatic imine (C=N–C) groups is 1. The zero-order chi connectivity index (χ0) is 20.8. The van der Waals surface area contributed by atoms with E-state index in [0.717, 1.165) is 17.7 Å². The Morgan fingerprint density at radius 3 is 2.13 bits per heavy atom. The lowest BCUT2D eigenvalue weighted by Crippen LogP contribution is -2.44. The average Bonchev–Trinajstić information content (AvgIpc) is 3.17. The van der Waals surface area contributed by atoms with Crippen LogP contribution in [0.15, 0.2) is 96.0 Å². The molecule has 0 spiro atoms. The van der Waals surface area contributed by atoms with Crippen molar-refractivity contribution in [3.8, 4) is 0 Å². The van der Waals surface area contributed by atoms with Crippen LogP contribution in [0.4, 0.5) is 5.69 Å². The zero-order valence-corrected chi connectivity index (χ0v) is 17.1. The highest BCUT2D eigenvalue weighted by molar-refractivity contribution is 5.98. The summed E-state index contributed by atoms with van der Waals surface area (Å²) in [6, 6.07) is 30.3. The van der Waals surface area contributed by atoms with Gasteiger partial charge in [0, 0.05) is 5.92 Å². The van der Waals surface area contributed by atoms with E-state index in [1.807, 2.05) is 73.7 Å². The third kappa shape index (κ3) is 4.77. The molecule has 4 nitrogen and oxygen atoms in total. The van der Waals surface area contributed by atoms with Crippen LogP contribution >= 0.6 is 0 Å². The molecule has 4 rings (SSSR count). The Hall–Kier alpha value is -3.40. The van der Waals surface area contributed by atoms with Gasteiger partial charge in [0.05, 0.1) is 11.7 Å². The molecule has 1 fully saturated rings. The first kappa shape index (κ1) is 19.9. The summed E-state index contributed by atoms with van der Waals surface area (Å²) in [5.74, 6) is -0.125. The number of benzene rings is 3. The molecule has 3 aromatic carbocycles. The summed E-state index contributed by atoms with van der Waals surface area (Å²) in [6.45, 7) is 2.43. The molecular weight excluding hydrogens is 372 g/mol. The van der Waals surface area contributed by atoms with Crippen molar-refractivity contribution in [3.63, 3.8) is 0 Å². The SMILES string of the molecule is C[C@H](Cc1ccccc1)C(=O)N1C(=Nc2ccccc2)OC[C@@H]1Cc1ccccc1. The average molecular weight is 399 g/mol. The summed E-state index contributed by atoms with van der Waals surface area (Å²) in [5, 5.41) is 0. The summed E-state index contributed by atoms with van der Waals surface area (Å²) in [5.41, 5.74) is 3.11. The second kappa shape index (κ2) is 9.40. The molecule has 0 N–H and O–H groups in total. The third-order valence-electron chi connectivity index (χ3n) is 5.31. The smallest absolute Gasteiger partial charge is 0.299 e. The molecule has 2 atom stereocenters. The molecule has 0 aliphatic carbocycles. The fourth-order valence-corrected chi connectivity index (χ4v) is 3.77. The normalized spacial score (nSPS) is 18.2. The molecule has 0 aromatic heterocycles. The van der Waals surface area contributed by atoms with Crippen LogP contribution in [0.1, 0.15) is 18.1 Å². The van der Waals surface area contributed by atoms with Crippen LogP contribution in [-0.2, 0) is 22.4 Å². The minimum atomic E-state index is -0.173. The van der Waals surface area contributed by atoms with Crippen LogP contribution < -0.4 is 0 Å².